The Labute approximate surface area is 288 Å². The molecule has 1 aliphatic heterocycles. The van der Waals surface area contributed by atoms with Crippen LogP contribution in [0.1, 0.15) is 59.9 Å². The molecule has 1 aliphatic rings. The number of aromatic nitrogens is 7. The first-order chi connectivity index (χ1) is 19.0. The van der Waals surface area contributed by atoms with Gasteiger partial charge in [-0.1, -0.05) is 70.8 Å². The van der Waals surface area contributed by atoms with E-state index in [9.17, 15) is 0 Å². The van der Waals surface area contributed by atoms with Gasteiger partial charge < -0.3 is 20.9 Å². The third-order valence-electron chi connectivity index (χ3n) is 5.34. The van der Waals surface area contributed by atoms with Crippen molar-refractivity contribution in [2.75, 3.05) is 50.2 Å². The van der Waals surface area contributed by atoms with Crippen LogP contribution in [0.4, 0.5) is 0 Å². The van der Waals surface area contributed by atoms with E-state index in [4.69, 9.17) is 22.2 Å². The molecule has 11 nitrogen and oxygen atoms in total. The van der Waals surface area contributed by atoms with E-state index in [-0.39, 0.29) is 53.2 Å². The van der Waals surface area contributed by atoms with Crippen molar-refractivity contribution in [3.63, 3.8) is 0 Å². The summed E-state index contributed by atoms with van der Waals surface area (Å²) in [4.78, 5) is 1.50. The van der Waals surface area contributed by atoms with Gasteiger partial charge in [0, 0.05) is 27.8 Å². The SMILES string of the molecule is C#Cc1cn[nH]c1.C1CCOC1.CCP(CC)CC.CCP(CC)CC.[Au+].[Au+].[B].[N-]=[N+]=[N-].[c-]1nn[nH]c1-c1cn[nH]c1. The molecule has 42 heavy (non-hydrogen) atoms. The molecule has 0 aromatic carbocycles. The van der Waals surface area contributed by atoms with E-state index in [1.54, 1.807) is 24.8 Å². The fourth-order valence-electron chi connectivity index (χ4n) is 2.87. The molecule has 0 aliphatic carbocycles. The molecular formula is C26H46Au2BN10OP2. The van der Waals surface area contributed by atoms with Gasteiger partial charge >= 0.3 is 44.8 Å². The number of aromatic amines is 3. The topological polar surface area (TPSA) is 167 Å². The second-order valence-corrected chi connectivity index (χ2v) is 14.0. The molecule has 0 bridgehead atoms. The third-order valence-corrected chi connectivity index (χ3v) is 10.7. The Morgan fingerprint density at radius 2 is 1.33 bits per heavy atom. The Bertz CT molecular complexity index is 866. The zero-order chi connectivity index (χ0) is 29.6. The van der Waals surface area contributed by atoms with Crippen LogP contribution in [0.2, 0.25) is 0 Å². The molecule has 3 N–H and O–H groups in total. The molecule has 1 fully saturated rings. The minimum atomic E-state index is 0. The Morgan fingerprint density at radius 1 is 0.881 bits per heavy atom. The van der Waals surface area contributed by atoms with Crippen LogP contribution >= 0.6 is 15.8 Å². The first-order valence-electron chi connectivity index (χ1n) is 13.2. The van der Waals surface area contributed by atoms with Crippen molar-refractivity contribution in [2.24, 2.45) is 0 Å². The van der Waals surface area contributed by atoms with Crippen LogP contribution in [0.25, 0.3) is 27.2 Å². The molecular weight excluding hydrogens is 935 g/mol. The van der Waals surface area contributed by atoms with E-state index < -0.39 is 0 Å². The molecule has 16 heteroatoms. The second kappa shape index (κ2) is 39.8. The summed E-state index contributed by atoms with van der Waals surface area (Å²) in [5.74, 6) is 2.41. The van der Waals surface area contributed by atoms with Crippen molar-refractivity contribution in [3.8, 4) is 23.6 Å². The molecule has 241 valence electrons. The molecule has 3 aromatic rings. The molecule has 0 unspecified atom stereocenters. The van der Waals surface area contributed by atoms with Gasteiger partial charge in [0.05, 0.1) is 11.8 Å². The van der Waals surface area contributed by atoms with Crippen molar-refractivity contribution < 1.29 is 49.5 Å². The zero-order valence-corrected chi connectivity index (χ0v) is 31.7. The predicted octanol–water partition coefficient (Wildman–Crippen LogP) is 6.72. The molecule has 0 amide bonds. The molecule has 3 radical (unpaired) electrons. The van der Waals surface area contributed by atoms with Crippen LogP contribution in [0.15, 0.2) is 24.8 Å². The molecule has 0 spiro atoms. The van der Waals surface area contributed by atoms with Crippen LogP contribution in [-0.2, 0) is 49.5 Å². The summed E-state index contributed by atoms with van der Waals surface area (Å²) in [5.41, 5.74) is 15.9. The van der Waals surface area contributed by atoms with Crippen LogP contribution in [0, 0.1) is 18.5 Å². The number of nitrogens with zero attached hydrogens (tertiary/aromatic N) is 7. The van der Waals surface area contributed by atoms with Gasteiger partial charge in [-0.15, -0.1) is 27.8 Å². The van der Waals surface area contributed by atoms with Crippen molar-refractivity contribution in [2.45, 2.75) is 54.4 Å². The van der Waals surface area contributed by atoms with E-state index in [1.165, 1.54) is 54.7 Å². The van der Waals surface area contributed by atoms with Crippen LogP contribution in [0.5, 0.6) is 0 Å². The maximum atomic E-state index is 6.75. The summed E-state index contributed by atoms with van der Waals surface area (Å²) in [7, 11) is 0.892. The van der Waals surface area contributed by atoms with E-state index in [0.717, 1.165) is 30.0 Å². The van der Waals surface area contributed by atoms with Gasteiger partial charge in [-0.3, -0.25) is 15.1 Å². The summed E-state index contributed by atoms with van der Waals surface area (Å²) < 4.78 is 4.94. The van der Waals surface area contributed by atoms with Crippen LogP contribution in [0.3, 0.4) is 0 Å². The van der Waals surface area contributed by atoms with Gasteiger partial charge in [0.2, 0.25) is 0 Å². The van der Waals surface area contributed by atoms with Gasteiger partial charge in [-0.2, -0.15) is 5.10 Å². The van der Waals surface area contributed by atoms with Gasteiger partial charge in [-0.25, -0.2) is 10.2 Å². The van der Waals surface area contributed by atoms with Gasteiger partial charge in [0.25, 0.3) is 0 Å². The summed E-state index contributed by atoms with van der Waals surface area (Å²) in [6, 6.07) is 0. The smallest absolute Gasteiger partial charge is 0.381 e. The molecule has 0 saturated carbocycles. The van der Waals surface area contributed by atoms with E-state index in [1.807, 2.05) is 0 Å². The van der Waals surface area contributed by atoms with Crippen molar-refractivity contribution in [1.29, 1.82) is 0 Å². The van der Waals surface area contributed by atoms with Crippen LogP contribution in [-0.4, -0.2) is 94.4 Å². The summed E-state index contributed by atoms with van der Waals surface area (Å²) >= 11 is 0. The average molecular weight is 981 g/mol. The Kier molecular flexibility index (Phi) is 47.8. The minimum Gasteiger partial charge on any atom is -0.381 e. The zero-order valence-electron chi connectivity index (χ0n) is 25.6. The number of hydrogen-bond donors (Lipinski definition) is 3. The van der Waals surface area contributed by atoms with Gasteiger partial charge in [-0.05, 0) is 56.0 Å². The normalized spacial score (nSPS) is 10.2. The number of hydrogen-bond acceptors (Lipinski definition) is 5. The van der Waals surface area contributed by atoms with Gasteiger partial charge in [0.15, 0.2) is 0 Å². The maximum absolute atomic E-state index is 6.75. The predicted molar refractivity (Wildman–Crippen MR) is 172 cm³/mol. The number of nitrogens with one attached hydrogen (secondary N) is 3. The van der Waals surface area contributed by atoms with E-state index in [0.29, 0.717) is 15.8 Å². The standard InChI is InChI=1S/2C6H15P.C5H4N5.C5H4N2.C4H8O.2Au.B.N3/c2*1-4-7(5-2)6-3;1-4(2-7-6-1)5-3-8-10-9-5;1-2-5-3-6-7-4-5;1-2-4-5-3-1;;;;1-3-2/h2*4-6H2,1-3H3;1-2H,(H,6,7)(H,8,9,10);1,3-4H,(H,6,7);1-4H2;;;;/q;;-1;;;2*+1;;-1. The van der Waals surface area contributed by atoms with E-state index >= 15 is 0 Å². The van der Waals surface area contributed by atoms with Crippen molar-refractivity contribution in [1.82, 2.24) is 35.8 Å². The molecule has 3 aromatic heterocycles. The summed E-state index contributed by atoms with van der Waals surface area (Å²) in [6.07, 6.45) is 25.4. The van der Waals surface area contributed by atoms with E-state index in [2.05, 4.69) is 89.5 Å². The molecule has 4 rings (SSSR count). The Hall–Kier alpha value is -1.20. The second-order valence-electron chi connectivity index (χ2n) is 7.56. The monoisotopic (exact) mass is 981 g/mol. The third kappa shape index (κ3) is 30.3. The van der Waals surface area contributed by atoms with Crippen molar-refractivity contribution >= 4 is 24.3 Å². The maximum Gasteiger partial charge on any atom is 1.00 e. The molecule has 4 heterocycles. The minimum absolute atomic E-state index is 0. The largest absolute Gasteiger partial charge is 1.00 e. The first-order valence-corrected chi connectivity index (χ1v) is 17.0. The molecule has 0 atom stereocenters. The summed E-state index contributed by atoms with van der Waals surface area (Å²) in [6.45, 7) is 15.7. The number of rotatable bonds is 7. The first kappa shape index (κ1) is 50.4. The van der Waals surface area contributed by atoms with Crippen LogP contribution < -0.4 is 0 Å². The van der Waals surface area contributed by atoms with Gasteiger partial charge in [0.1, 0.15) is 0 Å². The fourth-order valence-corrected chi connectivity index (χ4v) is 5.56. The summed E-state index contributed by atoms with van der Waals surface area (Å²) in [5, 5.41) is 22.3. The molecule has 1 saturated heterocycles. The number of ether oxygens (including phenoxy) is 1. The average Bonchev–Trinajstić information content (AvgIpc) is 3.80. The number of terminal acetylenes is 1. The van der Waals surface area contributed by atoms with Crippen molar-refractivity contribution in [3.05, 3.63) is 52.5 Å². The quantitative estimate of drug-likeness (QED) is 0.0454. The Morgan fingerprint density at radius 3 is 1.55 bits per heavy atom. The number of H-pyrrole nitrogens is 3. The Balaban J connectivity index is -0.000000132. The fraction of sp³-hybridized carbons (Fsp3) is 0.615.